The minimum Gasteiger partial charge on any atom is -0.477 e. The lowest BCUT2D eigenvalue weighted by molar-refractivity contribution is 0.0694. The van der Waals surface area contributed by atoms with Crippen LogP contribution in [0.15, 0.2) is 29.2 Å². The standard InChI is InChI=1S/C16H15F2NO3.C2H6/c1-8(2)19-7-11(16(21)22)15(20)14(9(19)3)10-4-5-12(17)13(18)6-10;1-2/h4-8H,1-3H3,(H,21,22);1-2H3. The number of hydrogen-bond donors (Lipinski definition) is 1. The zero-order chi connectivity index (χ0) is 18.6. The first-order valence-corrected chi connectivity index (χ1v) is 7.68. The van der Waals surface area contributed by atoms with E-state index >= 15 is 0 Å². The Bertz CT molecular complexity index is 811. The van der Waals surface area contributed by atoms with Gasteiger partial charge in [0, 0.05) is 23.5 Å². The number of halogens is 2. The number of carboxylic acid groups (broad SMARTS) is 1. The van der Waals surface area contributed by atoms with Crippen molar-refractivity contribution in [3.8, 4) is 11.1 Å². The van der Waals surface area contributed by atoms with Gasteiger partial charge in [0.05, 0.1) is 0 Å². The number of benzene rings is 1. The summed E-state index contributed by atoms with van der Waals surface area (Å²) in [6.45, 7) is 9.31. The van der Waals surface area contributed by atoms with E-state index in [1.165, 1.54) is 12.3 Å². The van der Waals surface area contributed by atoms with Gasteiger partial charge in [0.25, 0.3) is 0 Å². The van der Waals surface area contributed by atoms with Crippen LogP contribution in [0.5, 0.6) is 0 Å². The Kier molecular flexibility index (Phi) is 6.40. The highest BCUT2D eigenvalue weighted by molar-refractivity contribution is 5.89. The SMILES string of the molecule is CC.Cc1c(-c2ccc(F)c(F)c2)c(=O)c(C(=O)O)cn1C(C)C. The van der Waals surface area contributed by atoms with Crippen LogP contribution < -0.4 is 5.43 Å². The van der Waals surface area contributed by atoms with E-state index in [-0.39, 0.29) is 17.2 Å². The monoisotopic (exact) mass is 337 g/mol. The lowest BCUT2D eigenvalue weighted by Crippen LogP contribution is -2.23. The molecule has 0 amide bonds. The number of hydrogen-bond acceptors (Lipinski definition) is 2. The summed E-state index contributed by atoms with van der Waals surface area (Å²) in [5.41, 5.74) is -0.408. The molecule has 6 heteroatoms. The third kappa shape index (κ3) is 3.69. The smallest absolute Gasteiger partial charge is 0.341 e. The van der Waals surface area contributed by atoms with E-state index in [2.05, 4.69) is 0 Å². The largest absolute Gasteiger partial charge is 0.477 e. The molecule has 1 heterocycles. The lowest BCUT2D eigenvalue weighted by atomic mass is 10.0. The van der Waals surface area contributed by atoms with Gasteiger partial charge in [-0.05, 0) is 38.5 Å². The van der Waals surface area contributed by atoms with Gasteiger partial charge in [-0.3, -0.25) is 4.79 Å². The molecule has 0 bridgehead atoms. The van der Waals surface area contributed by atoms with Gasteiger partial charge in [0.1, 0.15) is 5.56 Å². The van der Waals surface area contributed by atoms with E-state index < -0.39 is 28.6 Å². The highest BCUT2D eigenvalue weighted by Crippen LogP contribution is 2.24. The van der Waals surface area contributed by atoms with E-state index in [9.17, 15) is 23.5 Å². The van der Waals surface area contributed by atoms with Crippen LogP contribution >= 0.6 is 0 Å². The van der Waals surface area contributed by atoms with Crippen LogP contribution in [0.4, 0.5) is 8.78 Å². The maximum Gasteiger partial charge on any atom is 0.341 e. The van der Waals surface area contributed by atoms with E-state index in [1.54, 1.807) is 11.5 Å². The zero-order valence-corrected chi connectivity index (χ0v) is 14.4. The van der Waals surface area contributed by atoms with Crippen molar-refractivity contribution in [3.63, 3.8) is 0 Å². The number of pyridine rings is 1. The van der Waals surface area contributed by atoms with Gasteiger partial charge in [-0.25, -0.2) is 13.6 Å². The second kappa shape index (κ2) is 7.86. The molecule has 130 valence electrons. The van der Waals surface area contributed by atoms with Crippen LogP contribution in [-0.2, 0) is 0 Å². The number of carboxylic acids is 1. The normalized spacial score (nSPS) is 10.3. The first-order chi connectivity index (χ1) is 11.2. The van der Waals surface area contributed by atoms with Crippen molar-refractivity contribution in [1.29, 1.82) is 0 Å². The molecule has 0 aliphatic carbocycles. The molecule has 1 aromatic heterocycles. The van der Waals surface area contributed by atoms with Crippen molar-refractivity contribution in [2.24, 2.45) is 0 Å². The molecule has 0 saturated heterocycles. The van der Waals surface area contributed by atoms with Crippen molar-refractivity contribution >= 4 is 5.97 Å². The van der Waals surface area contributed by atoms with Gasteiger partial charge in [0.2, 0.25) is 5.43 Å². The van der Waals surface area contributed by atoms with Crippen LogP contribution in [0.25, 0.3) is 11.1 Å². The minimum absolute atomic E-state index is 0.0625. The predicted octanol–water partition coefficient (Wildman–Crippen LogP) is 4.41. The van der Waals surface area contributed by atoms with Gasteiger partial charge in [0.15, 0.2) is 11.6 Å². The Balaban J connectivity index is 0.00000139. The molecular weight excluding hydrogens is 316 g/mol. The Labute approximate surface area is 139 Å². The molecule has 2 rings (SSSR count). The van der Waals surface area contributed by atoms with Gasteiger partial charge in [-0.1, -0.05) is 19.9 Å². The Morgan fingerprint density at radius 1 is 1.17 bits per heavy atom. The summed E-state index contributed by atoms with van der Waals surface area (Å²) < 4.78 is 28.2. The van der Waals surface area contributed by atoms with Crippen molar-refractivity contribution in [3.05, 3.63) is 57.5 Å². The summed E-state index contributed by atoms with van der Waals surface area (Å²) >= 11 is 0. The van der Waals surface area contributed by atoms with E-state index in [0.717, 1.165) is 12.1 Å². The zero-order valence-electron chi connectivity index (χ0n) is 14.4. The Morgan fingerprint density at radius 2 is 1.75 bits per heavy atom. The third-order valence-corrected chi connectivity index (χ3v) is 3.48. The molecule has 2 aromatic rings. The maximum atomic E-state index is 13.4. The summed E-state index contributed by atoms with van der Waals surface area (Å²) in [5, 5.41) is 9.19. The predicted molar refractivity (Wildman–Crippen MR) is 89.5 cm³/mol. The first-order valence-electron chi connectivity index (χ1n) is 7.68. The minimum atomic E-state index is -1.36. The van der Waals surface area contributed by atoms with Gasteiger partial charge in [-0.15, -0.1) is 0 Å². The van der Waals surface area contributed by atoms with Crippen molar-refractivity contribution in [1.82, 2.24) is 4.57 Å². The molecule has 0 unspecified atom stereocenters. The summed E-state index contributed by atoms with van der Waals surface area (Å²) in [4.78, 5) is 23.7. The topological polar surface area (TPSA) is 59.3 Å². The number of nitrogens with zero attached hydrogens (tertiary/aromatic N) is 1. The summed E-state index contributed by atoms with van der Waals surface area (Å²) in [7, 11) is 0. The highest BCUT2D eigenvalue weighted by Gasteiger charge is 2.20. The van der Waals surface area contributed by atoms with E-state index in [1.807, 2.05) is 27.7 Å². The van der Waals surface area contributed by atoms with Crippen molar-refractivity contribution < 1.29 is 18.7 Å². The summed E-state index contributed by atoms with van der Waals surface area (Å²) in [6.07, 6.45) is 1.27. The molecule has 24 heavy (non-hydrogen) atoms. The van der Waals surface area contributed by atoms with Gasteiger partial charge >= 0.3 is 5.97 Å². The number of aromatic carboxylic acids is 1. The average Bonchev–Trinajstić information content (AvgIpc) is 2.52. The third-order valence-electron chi connectivity index (χ3n) is 3.48. The fourth-order valence-electron chi connectivity index (χ4n) is 2.40. The highest BCUT2D eigenvalue weighted by atomic mass is 19.2. The molecule has 0 saturated carbocycles. The van der Waals surface area contributed by atoms with Crippen LogP contribution in [0, 0.1) is 18.6 Å². The summed E-state index contributed by atoms with van der Waals surface area (Å²) in [5.74, 6) is -3.48. The number of carbonyl (C=O) groups is 1. The maximum absolute atomic E-state index is 13.4. The summed E-state index contributed by atoms with van der Waals surface area (Å²) in [6, 6.07) is 2.98. The molecule has 0 atom stereocenters. The molecule has 0 fully saturated rings. The molecule has 1 aromatic carbocycles. The number of rotatable bonds is 3. The molecule has 1 N–H and O–H groups in total. The second-order valence-corrected chi connectivity index (χ2v) is 5.27. The lowest BCUT2D eigenvalue weighted by Gasteiger charge is -2.19. The Hall–Kier alpha value is -2.50. The quantitative estimate of drug-likeness (QED) is 0.902. The van der Waals surface area contributed by atoms with Crippen LogP contribution in [-0.4, -0.2) is 15.6 Å². The van der Waals surface area contributed by atoms with Crippen LogP contribution in [0.1, 0.15) is 49.8 Å². The average molecular weight is 337 g/mol. The first kappa shape index (κ1) is 19.5. The van der Waals surface area contributed by atoms with Crippen molar-refractivity contribution in [2.75, 3.05) is 0 Å². The molecular formula is C18H21F2NO3. The Morgan fingerprint density at radius 3 is 2.21 bits per heavy atom. The van der Waals surface area contributed by atoms with Crippen molar-refractivity contribution in [2.45, 2.75) is 40.7 Å². The van der Waals surface area contributed by atoms with E-state index in [0.29, 0.717) is 5.69 Å². The molecule has 4 nitrogen and oxygen atoms in total. The molecule has 0 aliphatic heterocycles. The van der Waals surface area contributed by atoms with E-state index in [4.69, 9.17) is 0 Å². The second-order valence-electron chi connectivity index (χ2n) is 5.27. The van der Waals surface area contributed by atoms with Gasteiger partial charge < -0.3 is 9.67 Å². The molecule has 0 spiro atoms. The number of aromatic nitrogens is 1. The van der Waals surface area contributed by atoms with Crippen LogP contribution in [0.2, 0.25) is 0 Å². The fraction of sp³-hybridized carbons (Fsp3) is 0.333. The van der Waals surface area contributed by atoms with Crippen LogP contribution in [0.3, 0.4) is 0 Å². The van der Waals surface area contributed by atoms with Gasteiger partial charge in [-0.2, -0.15) is 0 Å². The molecule has 0 radical (unpaired) electrons. The molecule has 0 aliphatic rings. The fourth-order valence-corrected chi connectivity index (χ4v) is 2.40.